The molecule has 2 heterocycles. The summed E-state index contributed by atoms with van der Waals surface area (Å²) in [4.78, 5) is 13.8. The van der Waals surface area contributed by atoms with Crippen molar-refractivity contribution in [2.24, 2.45) is 7.05 Å². The van der Waals surface area contributed by atoms with Crippen molar-refractivity contribution in [1.29, 1.82) is 0 Å². The van der Waals surface area contributed by atoms with E-state index in [-0.39, 0.29) is 12.0 Å². The highest BCUT2D eigenvalue weighted by molar-refractivity contribution is 5.79. The number of nitrogens with zero attached hydrogens (tertiary/aromatic N) is 3. The first-order valence-electron chi connectivity index (χ1n) is 5.94. The Labute approximate surface area is 101 Å². The number of aryl methyl sites for hydroxylation is 2. The molecule has 2 rings (SSSR count). The van der Waals surface area contributed by atoms with Crippen LogP contribution in [0.2, 0.25) is 0 Å². The maximum atomic E-state index is 12.1. The Kier molecular flexibility index (Phi) is 3.19. The number of carbonyl (C=O) groups excluding carboxylic acids is 1. The van der Waals surface area contributed by atoms with Crippen LogP contribution in [0.1, 0.15) is 23.4 Å². The average molecular weight is 237 g/mol. The van der Waals surface area contributed by atoms with Crippen molar-refractivity contribution in [3.8, 4) is 0 Å². The number of carbonyl (C=O) groups is 1. The number of aromatic nitrogens is 2. The molecule has 0 aliphatic carbocycles. The van der Waals surface area contributed by atoms with Crippen LogP contribution in [0.4, 0.5) is 0 Å². The van der Waals surface area contributed by atoms with Crippen molar-refractivity contribution < 1.29 is 9.90 Å². The van der Waals surface area contributed by atoms with Crippen LogP contribution in [0.3, 0.4) is 0 Å². The molecule has 0 spiro atoms. The summed E-state index contributed by atoms with van der Waals surface area (Å²) in [6.07, 6.45) is 0.727. The van der Waals surface area contributed by atoms with Gasteiger partial charge in [0.1, 0.15) is 0 Å². The van der Waals surface area contributed by atoms with Gasteiger partial charge in [0.05, 0.1) is 18.2 Å². The predicted molar refractivity (Wildman–Crippen MR) is 63.6 cm³/mol. The Morgan fingerprint density at radius 3 is 2.71 bits per heavy atom. The van der Waals surface area contributed by atoms with Crippen LogP contribution in [0, 0.1) is 13.8 Å². The minimum atomic E-state index is -0.352. The fourth-order valence-corrected chi connectivity index (χ4v) is 2.30. The Bertz CT molecular complexity index is 439. The van der Waals surface area contributed by atoms with Crippen LogP contribution in [0.5, 0.6) is 0 Å². The summed E-state index contributed by atoms with van der Waals surface area (Å²) in [6, 6.07) is 0. The van der Waals surface area contributed by atoms with Crippen molar-refractivity contribution in [2.75, 3.05) is 13.1 Å². The van der Waals surface area contributed by atoms with Crippen LogP contribution in [-0.4, -0.2) is 44.9 Å². The molecular formula is C12H19N3O2. The van der Waals surface area contributed by atoms with Crippen molar-refractivity contribution in [1.82, 2.24) is 14.7 Å². The van der Waals surface area contributed by atoms with E-state index in [9.17, 15) is 9.90 Å². The average Bonchev–Trinajstić information content (AvgIpc) is 2.79. The van der Waals surface area contributed by atoms with E-state index in [4.69, 9.17) is 0 Å². The van der Waals surface area contributed by atoms with Gasteiger partial charge in [-0.3, -0.25) is 9.48 Å². The largest absolute Gasteiger partial charge is 0.391 e. The topological polar surface area (TPSA) is 58.4 Å². The Balaban J connectivity index is 2.08. The van der Waals surface area contributed by atoms with Crippen LogP contribution in [0.15, 0.2) is 0 Å². The highest BCUT2D eigenvalue weighted by atomic mass is 16.3. The van der Waals surface area contributed by atoms with Crippen LogP contribution in [-0.2, 0) is 18.3 Å². The highest BCUT2D eigenvalue weighted by Crippen LogP contribution is 2.16. The summed E-state index contributed by atoms with van der Waals surface area (Å²) in [6.45, 7) is 5.03. The zero-order chi connectivity index (χ0) is 12.6. The van der Waals surface area contributed by atoms with Crippen LogP contribution >= 0.6 is 0 Å². The van der Waals surface area contributed by atoms with Crippen molar-refractivity contribution in [2.45, 2.75) is 32.8 Å². The molecule has 0 saturated carbocycles. The number of β-amino-alcohol motifs (C(OH)–C–C–N with tert-alkyl or cyclic N) is 1. The summed E-state index contributed by atoms with van der Waals surface area (Å²) < 4.78 is 1.80. The number of aliphatic hydroxyl groups excluding tert-OH is 1. The molecule has 1 saturated heterocycles. The molecule has 1 aromatic heterocycles. The summed E-state index contributed by atoms with van der Waals surface area (Å²) in [5, 5.41) is 13.7. The SMILES string of the molecule is Cc1nn(C)c(C)c1CC(=O)N1CCC(O)C1. The number of hydrogen-bond acceptors (Lipinski definition) is 3. The molecule has 1 aliphatic heterocycles. The summed E-state index contributed by atoms with van der Waals surface area (Å²) >= 11 is 0. The molecule has 1 aromatic rings. The van der Waals surface area contributed by atoms with Crippen LogP contribution < -0.4 is 0 Å². The van der Waals surface area contributed by atoms with Gasteiger partial charge < -0.3 is 10.0 Å². The predicted octanol–water partition coefficient (Wildman–Crippen LogP) is 0.173. The Morgan fingerprint density at radius 1 is 1.53 bits per heavy atom. The Hall–Kier alpha value is -1.36. The number of aliphatic hydroxyl groups is 1. The third-order valence-corrected chi connectivity index (χ3v) is 3.50. The van der Waals surface area contributed by atoms with Gasteiger partial charge >= 0.3 is 0 Å². The second-order valence-electron chi connectivity index (χ2n) is 4.73. The summed E-state index contributed by atoms with van der Waals surface area (Å²) in [5.74, 6) is 0.0840. The fraction of sp³-hybridized carbons (Fsp3) is 0.667. The molecule has 1 fully saturated rings. The van der Waals surface area contributed by atoms with E-state index in [1.54, 1.807) is 9.58 Å². The van der Waals surface area contributed by atoms with Gasteiger partial charge in [-0.2, -0.15) is 5.10 Å². The normalized spacial score (nSPS) is 20.0. The second kappa shape index (κ2) is 4.49. The molecule has 1 amide bonds. The van der Waals surface area contributed by atoms with E-state index in [0.29, 0.717) is 25.9 Å². The minimum Gasteiger partial charge on any atom is -0.391 e. The van der Waals surface area contributed by atoms with Gasteiger partial charge in [-0.15, -0.1) is 0 Å². The Morgan fingerprint density at radius 2 is 2.24 bits per heavy atom. The van der Waals surface area contributed by atoms with Crippen molar-refractivity contribution in [3.05, 3.63) is 17.0 Å². The number of hydrogen-bond donors (Lipinski definition) is 1. The van der Waals surface area contributed by atoms with Gasteiger partial charge in [-0.1, -0.05) is 0 Å². The van der Waals surface area contributed by atoms with Crippen LogP contribution in [0.25, 0.3) is 0 Å². The molecule has 94 valence electrons. The smallest absolute Gasteiger partial charge is 0.227 e. The lowest BCUT2D eigenvalue weighted by Gasteiger charge is -2.15. The molecule has 5 nitrogen and oxygen atoms in total. The number of likely N-dealkylation sites (tertiary alicyclic amines) is 1. The van der Waals surface area contributed by atoms with Gasteiger partial charge in [-0.05, 0) is 20.3 Å². The molecule has 1 atom stereocenters. The molecule has 0 aromatic carbocycles. The first kappa shape index (κ1) is 12.1. The second-order valence-corrected chi connectivity index (χ2v) is 4.73. The minimum absolute atomic E-state index is 0.0840. The van der Waals surface area contributed by atoms with E-state index in [1.807, 2.05) is 20.9 Å². The monoisotopic (exact) mass is 237 g/mol. The lowest BCUT2D eigenvalue weighted by atomic mass is 10.1. The molecule has 1 unspecified atom stereocenters. The molecule has 0 bridgehead atoms. The van der Waals surface area contributed by atoms with Gasteiger partial charge in [0.15, 0.2) is 0 Å². The van der Waals surface area contributed by atoms with Gasteiger partial charge in [0.25, 0.3) is 0 Å². The number of amides is 1. The molecule has 17 heavy (non-hydrogen) atoms. The molecular weight excluding hydrogens is 218 g/mol. The molecule has 0 radical (unpaired) electrons. The molecule has 1 N–H and O–H groups in total. The van der Waals surface area contributed by atoms with Crippen molar-refractivity contribution in [3.63, 3.8) is 0 Å². The number of rotatable bonds is 2. The van der Waals surface area contributed by atoms with E-state index in [2.05, 4.69) is 5.10 Å². The van der Waals surface area contributed by atoms with E-state index < -0.39 is 0 Å². The first-order chi connectivity index (χ1) is 7.99. The van der Waals surface area contributed by atoms with Crippen molar-refractivity contribution >= 4 is 5.91 Å². The maximum absolute atomic E-state index is 12.1. The zero-order valence-electron chi connectivity index (χ0n) is 10.6. The van der Waals surface area contributed by atoms with Gasteiger partial charge in [0.2, 0.25) is 5.91 Å². The lowest BCUT2D eigenvalue weighted by Crippen LogP contribution is -2.31. The highest BCUT2D eigenvalue weighted by Gasteiger charge is 2.25. The third kappa shape index (κ3) is 2.34. The van der Waals surface area contributed by atoms with Gasteiger partial charge in [-0.25, -0.2) is 0 Å². The zero-order valence-corrected chi connectivity index (χ0v) is 10.6. The molecule has 1 aliphatic rings. The quantitative estimate of drug-likeness (QED) is 0.798. The summed E-state index contributed by atoms with van der Waals surface area (Å²) in [7, 11) is 1.88. The summed E-state index contributed by atoms with van der Waals surface area (Å²) in [5.41, 5.74) is 2.97. The first-order valence-corrected chi connectivity index (χ1v) is 5.94. The van der Waals surface area contributed by atoms with E-state index >= 15 is 0 Å². The van der Waals surface area contributed by atoms with E-state index in [0.717, 1.165) is 17.0 Å². The lowest BCUT2D eigenvalue weighted by molar-refractivity contribution is -0.129. The maximum Gasteiger partial charge on any atom is 0.227 e. The van der Waals surface area contributed by atoms with Gasteiger partial charge in [0, 0.05) is 31.4 Å². The standard InChI is InChI=1S/C12H19N3O2/c1-8-11(9(2)14(3)13-8)6-12(17)15-5-4-10(16)7-15/h10,16H,4-7H2,1-3H3. The van der Waals surface area contributed by atoms with E-state index in [1.165, 1.54) is 0 Å². The fourth-order valence-electron chi connectivity index (χ4n) is 2.30. The third-order valence-electron chi connectivity index (χ3n) is 3.50. The molecule has 5 heteroatoms.